The quantitative estimate of drug-likeness (QED) is 0.842. The van der Waals surface area contributed by atoms with Crippen molar-refractivity contribution in [1.29, 1.82) is 0 Å². The molecule has 2 amide bonds. The fourth-order valence-electron chi connectivity index (χ4n) is 2.35. The van der Waals surface area contributed by atoms with Gasteiger partial charge in [-0.3, -0.25) is 9.59 Å². The predicted octanol–water partition coefficient (Wildman–Crippen LogP) is 3.43. The summed E-state index contributed by atoms with van der Waals surface area (Å²) in [7, 11) is 3.42. The van der Waals surface area contributed by atoms with Gasteiger partial charge in [0.2, 0.25) is 0 Å². The summed E-state index contributed by atoms with van der Waals surface area (Å²) >= 11 is 5.92. The second-order valence-corrected chi connectivity index (χ2v) is 6.72. The molecule has 26 heavy (non-hydrogen) atoms. The Balaban J connectivity index is 1.90. The van der Waals surface area contributed by atoms with Crippen LogP contribution in [0.5, 0.6) is 5.75 Å². The van der Waals surface area contributed by atoms with Crippen molar-refractivity contribution < 1.29 is 14.3 Å². The van der Waals surface area contributed by atoms with E-state index in [1.807, 2.05) is 19.1 Å². The topological polar surface area (TPSA) is 58.6 Å². The van der Waals surface area contributed by atoms with Crippen molar-refractivity contribution in [3.8, 4) is 5.75 Å². The van der Waals surface area contributed by atoms with E-state index in [2.05, 4.69) is 5.32 Å². The highest BCUT2D eigenvalue weighted by Gasteiger charge is 2.15. The summed E-state index contributed by atoms with van der Waals surface area (Å²) in [4.78, 5) is 25.6. The van der Waals surface area contributed by atoms with Crippen LogP contribution in [0, 0.1) is 6.92 Å². The monoisotopic (exact) mass is 374 g/mol. The first-order valence-corrected chi connectivity index (χ1v) is 8.67. The lowest BCUT2D eigenvalue weighted by Gasteiger charge is -2.16. The van der Waals surface area contributed by atoms with Crippen LogP contribution in [0.15, 0.2) is 42.5 Å². The Morgan fingerprint density at radius 3 is 2.38 bits per heavy atom. The van der Waals surface area contributed by atoms with E-state index in [1.165, 1.54) is 4.90 Å². The molecule has 5 nitrogen and oxygen atoms in total. The standard InChI is InChI=1S/C20H23ClN2O3/c1-13-11-17(21)9-10-18(13)26-14(2)19(24)22-12-15-5-7-16(8-6-15)20(25)23(3)4/h5-11,14H,12H2,1-4H3,(H,22,24). The van der Waals surface area contributed by atoms with Gasteiger partial charge in [-0.2, -0.15) is 0 Å². The first-order valence-electron chi connectivity index (χ1n) is 8.29. The number of carbonyl (C=O) groups is 2. The number of amides is 2. The SMILES string of the molecule is Cc1cc(Cl)ccc1OC(C)C(=O)NCc1ccc(C(=O)N(C)C)cc1. The molecule has 0 bridgehead atoms. The zero-order valence-electron chi connectivity index (χ0n) is 15.4. The molecule has 1 N–H and O–H groups in total. The molecule has 0 aliphatic rings. The molecule has 0 fully saturated rings. The number of nitrogens with one attached hydrogen (secondary N) is 1. The van der Waals surface area contributed by atoms with Crippen molar-refractivity contribution in [3.05, 3.63) is 64.2 Å². The third kappa shape index (κ3) is 5.23. The fourth-order valence-corrected chi connectivity index (χ4v) is 2.57. The molecular formula is C20H23ClN2O3. The molecule has 138 valence electrons. The normalized spacial score (nSPS) is 11.6. The van der Waals surface area contributed by atoms with Gasteiger partial charge in [-0.05, 0) is 55.3 Å². The summed E-state index contributed by atoms with van der Waals surface area (Å²) in [6.45, 7) is 3.94. The van der Waals surface area contributed by atoms with E-state index in [0.717, 1.165) is 11.1 Å². The number of aryl methyl sites for hydroxylation is 1. The van der Waals surface area contributed by atoms with E-state index in [-0.39, 0.29) is 11.8 Å². The third-order valence-electron chi connectivity index (χ3n) is 3.88. The first kappa shape index (κ1) is 19.8. The maximum Gasteiger partial charge on any atom is 0.261 e. The largest absolute Gasteiger partial charge is 0.481 e. The van der Waals surface area contributed by atoms with Crippen molar-refractivity contribution in [2.45, 2.75) is 26.5 Å². The van der Waals surface area contributed by atoms with Gasteiger partial charge >= 0.3 is 0 Å². The van der Waals surface area contributed by atoms with Gasteiger partial charge < -0.3 is 15.0 Å². The van der Waals surface area contributed by atoms with Gasteiger partial charge in [0.15, 0.2) is 6.10 Å². The van der Waals surface area contributed by atoms with Gasteiger partial charge in [0.25, 0.3) is 11.8 Å². The van der Waals surface area contributed by atoms with Crippen molar-refractivity contribution in [1.82, 2.24) is 10.2 Å². The number of hydrogen-bond donors (Lipinski definition) is 1. The van der Waals surface area contributed by atoms with Gasteiger partial charge in [-0.25, -0.2) is 0 Å². The minimum absolute atomic E-state index is 0.0547. The number of nitrogens with zero attached hydrogens (tertiary/aromatic N) is 1. The predicted molar refractivity (Wildman–Crippen MR) is 103 cm³/mol. The van der Waals surface area contributed by atoms with Crippen LogP contribution >= 0.6 is 11.6 Å². The second kappa shape index (κ2) is 8.72. The third-order valence-corrected chi connectivity index (χ3v) is 4.12. The molecule has 0 aliphatic heterocycles. The first-order chi connectivity index (χ1) is 12.3. The number of carbonyl (C=O) groups excluding carboxylic acids is 2. The van der Waals surface area contributed by atoms with Crippen LogP contribution in [0.4, 0.5) is 0 Å². The highest BCUT2D eigenvalue weighted by Crippen LogP contribution is 2.22. The van der Waals surface area contributed by atoms with Gasteiger partial charge in [0, 0.05) is 31.2 Å². The summed E-state index contributed by atoms with van der Waals surface area (Å²) < 4.78 is 5.71. The van der Waals surface area contributed by atoms with Crippen molar-refractivity contribution in [3.63, 3.8) is 0 Å². The maximum absolute atomic E-state index is 12.2. The molecule has 0 saturated carbocycles. The summed E-state index contributed by atoms with van der Waals surface area (Å²) in [5.41, 5.74) is 2.39. The Kier molecular flexibility index (Phi) is 6.64. The van der Waals surface area contributed by atoms with Crippen molar-refractivity contribution >= 4 is 23.4 Å². The minimum atomic E-state index is -0.635. The zero-order valence-corrected chi connectivity index (χ0v) is 16.1. The second-order valence-electron chi connectivity index (χ2n) is 6.28. The Labute approximate surface area is 158 Å². The number of halogens is 1. The summed E-state index contributed by atoms with van der Waals surface area (Å²) in [6, 6.07) is 12.4. The van der Waals surface area contributed by atoms with Crippen LogP contribution in [0.2, 0.25) is 5.02 Å². The number of hydrogen-bond acceptors (Lipinski definition) is 3. The summed E-state index contributed by atoms with van der Waals surface area (Å²) in [6.07, 6.45) is -0.635. The number of benzene rings is 2. The Morgan fingerprint density at radius 1 is 1.15 bits per heavy atom. The lowest BCUT2D eigenvalue weighted by Crippen LogP contribution is -2.36. The molecule has 0 aliphatic carbocycles. The minimum Gasteiger partial charge on any atom is -0.481 e. The molecule has 0 heterocycles. The fraction of sp³-hybridized carbons (Fsp3) is 0.300. The molecule has 0 spiro atoms. The van der Waals surface area contributed by atoms with E-state index >= 15 is 0 Å². The molecule has 1 atom stereocenters. The van der Waals surface area contributed by atoms with E-state index in [0.29, 0.717) is 22.9 Å². The van der Waals surface area contributed by atoms with Gasteiger partial charge in [0.05, 0.1) is 0 Å². The highest BCUT2D eigenvalue weighted by atomic mass is 35.5. The van der Waals surface area contributed by atoms with E-state index in [1.54, 1.807) is 51.4 Å². The Hall–Kier alpha value is -2.53. The van der Waals surface area contributed by atoms with Crippen LogP contribution in [0.1, 0.15) is 28.4 Å². The van der Waals surface area contributed by atoms with Gasteiger partial charge in [-0.1, -0.05) is 23.7 Å². The van der Waals surface area contributed by atoms with E-state index in [4.69, 9.17) is 16.3 Å². The molecule has 0 saturated heterocycles. The lowest BCUT2D eigenvalue weighted by atomic mass is 10.1. The Bertz CT molecular complexity index is 788. The number of rotatable bonds is 6. The lowest BCUT2D eigenvalue weighted by molar-refractivity contribution is -0.127. The average molecular weight is 375 g/mol. The van der Waals surface area contributed by atoms with Gasteiger partial charge in [-0.15, -0.1) is 0 Å². The molecule has 2 rings (SSSR count). The van der Waals surface area contributed by atoms with Crippen LogP contribution in [0.3, 0.4) is 0 Å². The van der Waals surface area contributed by atoms with Gasteiger partial charge in [0.1, 0.15) is 5.75 Å². The molecule has 2 aromatic rings. The average Bonchev–Trinajstić information content (AvgIpc) is 2.61. The maximum atomic E-state index is 12.2. The van der Waals surface area contributed by atoms with Crippen LogP contribution in [-0.4, -0.2) is 36.9 Å². The Morgan fingerprint density at radius 2 is 1.81 bits per heavy atom. The van der Waals surface area contributed by atoms with Crippen LogP contribution < -0.4 is 10.1 Å². The molecular weight excluding hydrogens is 352 g/mol. The van der Waals surface area contributed by atoms with Crippen LogP contribution in [-0.2, 0) is 11.3 Å². The number of ether oxygens (including phenoxy) is 1. The molecule has 0 radical (unpaired) electrons. The van der Waals surface area contributed by atoms with E-state index in [9.17, 15) is 9.59 Å². The molecule has 0 aromatic heterocycles. The van der Waals surface area contributed by atoms with Crippen LogP contribution in [0.25, 0.3) is 0 Å². The zero-order chi connectivity index (χ0) is 19.3. The van der Waals surface area contributed by atoms with Crippen molar-refractivity contribution in [2.24, 2.45) is 0 Å². The molecule has 6 heteroatoms. The molecule has 2 aromatic carbocycles. The summed E-state index contributed by atoms with van der Waals surface area (Å²) in [5.74, 6) is 0.359. The summed E-state index contributed by atoms with van der Waals surface area (Å²) in [5, 5.41) is 3.46. The molecule has 1 unspecified atom stereocenters. The smallest absolute Gasteiger partial charge is 0.261 e. The highest BCUT2D eigenvalue weighted by molar-refractivity contribution is 6.30. The van der Waals surface area contributed by atoms with Crippen molar-refractivity contribution in [2.75, 3.05) is 14.1 Å². The van der Waals surface area contributed by atoms with E-state index < -0.39 is 6.10 Å².